The van der Waals surface area contributed by atoms with Crippen molar-refractivity contribution in [2.45, 2.75) is 50.8 Å². The summed E-state index contributed by atoms with van der Waals surface area (Å²) in [6.07, 6.45) is 3.74. The number of carboxylic acid groups (broad SMARTS) is 1. The number of carbonyl (C=O) groups excluding carboxylic acids is 2. The number of ether oxygens (including phenoxy) is 2. The van der Waals surface area contributed by atoms with Gasteiger partial charge in [0, 0.05) is 24.0 Å². The van der Waals surface area contributed by atoms with Crippen molar-refractivity contribution in [1.82, 2.24) is 25.3 Å². The van der Waals surface area contributed by atoms with Gasteiger partial charge in [0.1, 0.15) is 36.3 Å². The molecule has 3 heterocycles. The summed E-state index contributed by atoms with van der Waals surface area (Å²) >= 11 is 0. The number of hydrogen-bond donors (Lipinski definition) is 4. The highest BCUT2D eigenvalue weighted by atomic mass is 16.5. The van der Waals surface area contributed by atoms with Gasteiger partial charge in [0.2, 0.25) is 5.91 Å². The van der Waals surface area contributed by atoms with Gasteiger partial charge in [0.15, 0.2) is 11.5 Å². The van der Waals surface area contributed by atoms with Gasteiger partial charge in [-0.15, -0.1) is 0 Å². The average molecular weight is 638 g/mol. The Morgan fingerprint density at radius 1 is 1.06 bits per heavy atom. The van der Waals surface area contributed by atoms with Crippen LogP contribution in [-0.2, 0) is 20.9 Å². The molecular weight excluding hydrogens is 602 g/mol. The number of aliphatic carboxylic acids is 1. The second-order valence-corrected chi connectivity index (χ2v) is 11.7. The molecule has 2 atom stereocenters. The van der Waals surface area contributed by atoms with Crippen LogP contribution in [0.5, 0.6) is 5.75 Å². The summed E-state index contributed by atoms with van der Waals surface area (Å²) in [6, 6.07) is 20.4. The largest absolute Gasteiger partial charge is 0.491 e. The van der Waals surface area contributed by atoms with Crippen molar-refractivity contribution in [3.8, 4) is 5.75 Å². The van der Waals surface area contributed by atoms with E-state index in [0.717, 1.165) is 47.1 Å². The van der Waals surface area contributed by atoms with E-state index in [-0.39, 0.29) is 25.5 Å². The van der Waals surface area contributed by atoms with Crippen LogP contribution in [0.15, 0.2) is 79.4 Å². The normalized spacial score (nSPS) is 15.7. The number of rotatable bonds is 12. The summed E-state index contributed by atoms with van der Waals surface area (Å²) in [4.78, 5) is 56.1. The van der Waals surface area contributed by atoms with Crippen LogP contribution >= 0.6 is 0 Å². The Hall–Kier alpha value is -5.72. The molecule has 0 aliphatic carbocycles. The maximum Gasteiger partial charge on any atom is 0.408 e. The summed E-state index contributed by atoms with van der Waals surface area (Å²) < 4.78 is 11.7. The number of carboxylic acids is 1. The Bertz CT molecular complexity index is 1900. The van der Waals surface area contributed by atoms with E-state index in [9.17, 15) is 19.5 Å². The third-order valence-corrected chi connectivity index (χ3v) is 8.31. The number of amides is 2. The second kappa shape index (κ2) is 13.7. The fourth-order valence-corrected chi connectivity index (χ4v) is 5.73. The minimum absolute atomic E-state index is 0.00193. The van der Waals surface area contributed by atoms with Crippen LogP contribution in [0.4, 0.5) is 16.3 Å². The standard InChI is InChI=1S/C34H35N7O6/c1-34(15-14-28(42)43,40-33(45)47-18-22-7-3-2-4-8-22)32(44)39-24-13-12-23-9-5-11-27(26(23)17-24)46-19-25-10-6-16-41(25)31-29-30(36-20-35-29)37-21-38-31/h2-5,7-9,11-13,17,20-21,25H,6,10,14-16,18-19H2,1H3,(H,39,44)(H,40,45)(H,42,43)(H,35,36,37,38)/t25-,34+/m1/s1. The van der Waals surface area contributed by atoms with Crippen molar-refractivity contribution in [2.24, 2.45) is 0 Å². The van der Waals surface area contributed by atoms with E-state index < -0.39 is 23.5 Å². The van der Waals surface area contributed by atoms with Crippen LogP contribution < -0.4 is 20.3 Å². The topological polar surface area (TPSA) is 172 Å². The Morgan fingerprint density at radius 2 is 1.91 bits per heavy atom. The van der Waals surface area contributed by atoms with Crippen molar-refractivity contribution < 1.29 is 29.0 Å². The molecule has 1 aliphatic heterocycles. The summed E-state index contributed by atoms with van der Waals surface area (Å²) in [6.45, 7) is 2.73. The van der Waals surface area contributed by atoms with Gasteiger partial charge < -0.3 is 35.1 Å². The van der Waals surface area contributed by atoms with Crippen LogP contribution in [0.1, 0.15) is 38.2 Å². The van der Waals surface area contributed by atoms with E-state index in [4.69, 9.17) is 9.47 Å². The molecule has 0 radical (unpaired) electrons. The minimum Gasteiger partial charge on any atom is -0.491 e. The molecule has 47 heavy (non-hydrogen) atoms. The number of benzene rings is 3. The number of aromatic nitrogens is 4. The first-order valence-corrected chi connectivity index (χ1v) is 15.4. The van der Waals surface area contributed by atoms with Crippen LogP contribution in [0.25, 0.3) is 21.9 Å². The number of hydrogen-bond acceptors (Lipinski definition) is 9. The highest BCUT2D eigenvalue weighted by molar-refractivity contribution is 6.02. The van der Waals surface area contributed by atoms with Gasteiger partial charge in [-0.3, -0.25) is 9.59 Å². The number of imidazole rings is 1. The van der Waals surface area contributed by atoms with Crippen molar-refractivity contribution in [3.05, 3.63) is 84.9 Å². The molecule has 6 rings (SSSR count). The lowest BCUT2D eigenvalue weighted by molar-refractivity contribution is -0.137. The molecule has 1 aliphatic rings. The van der Waals surface area contributed by atoms with Gasteiger partial charge in [-0.2, -0.15) is 0 Å². The first kappa shape index (κ1) is 31.3. The fourth-order valence-electron chi connectivity index (χ4n) is 5.73. The lowest BCUT2D eigenvalue weighted by Gasteiger charge is -2.29. The summed E-state index contributed by atoms with van der Waals surface area (Å²) in [5, 5.41) is 16.5. The molecule has 242 valence electrons. The molecule has 4 N–H and O–H groups in total. The SMILES string of the molecule is C[C@@](CCC(=O)O)(NC(=O)OCc1ccccc1)C(=O)Nc1ccc2cccc(OC[C@H]3CCCN3c3ncnc4nc[nH]c34)c2c1. The van der Waals surface area contributed by atoms with E-state index in [1.54, 1.807) is 18.5 Å². The molecule has 2 aromatic heterocycles. The fraction of sp³-hybridized carbons (Fsp3) is 0.294. The van der Waals surface area contributed by atoms with Crippen LogP contribution in [0.2, 0.25) is 0 Å². The molecule has 13 heteroatoms. The Kier molecular flexibility index (Phi) is 9.13. The van der Waals surface area contributed by atoms with Gasteiger partial charge >= 0.3 is 12.1 Å². The molecule has 3 aromatic carbocycles. The van der Waals surface area contributed by atoms with Crippen molar-refractivity contribution in [1.29, 1.82) is 0 Å². The van der Waals surface area contributed by atoms with E-state index >= 15 is 0 Å². The van der Waals surface area contributed by atoms with Crippen LogP contribution in [0, 0.1) is 0 Å². The molecule has 0 saturated carbocycles. The molecular formula is C34H35N7O6. The van der Waals surface area contributed by atoms with Gasteiger partial charge in [-0.1, -0.05) is 48.5 Å². The average Bonchev–Trinajstić information content (AvgIpc) is 3.76. The maximum atomic E-state index is 13.6. The van der Waals surface area contributed by atoms with Gasteiger partial charge in [0.25, 0.3) is 0 Å². The third kappa shape index (κ3) is 7.24. The van der Waals surface area contributed by atoms with Gasteiger partial charge in [-0.05, 0) is 55.3 Å². The number of anilines is 2. The number of fused-ring (bicyclic) bond motifs is 2. The lowest BCUT2D eigenvalue weighted by atomic mass is 9.94. The van der Waals surface area contributed by atoms with E-state index in [0.29, 0.717) is 23.7 Å². The second-order valence-electron chi connectivity index (χ2n) is 11.7. The number of aromatic amines is 1. The Balaban J connectivity index is 1.16. The van der Waals surface area contributed by atoms with Crippen LogP contribution in [-0.4, -0.2) is 67.7 Å². The quantitative estimate of drug-likeness (QED) is 0.145. The number of nitrogens with zero attached hydrogens (tertiary/aromatic N) is 4. The molecule has 2 amide bonds. The van der Waals surface area contributed by atoms with E-state index in [1.165, 1.54) is 13.3 Å². The molecule has 1 saturated heterocycles. The maximum absolute atomic E-state index is 13.6. The zero-order valence-corrected chi connectivity index (χ0v) is 25.8. The molecule has 1 fully saturated rings. The van der Waals surface area contributed by atoms with Crippen molar-refractivity contribution in [2.75, 3.05) is 23.4 Å². The lowest BCUT2D eigenvalue weighted by Crippen LogP contribution is -2.55. The summed E-state index contributed by atoms with van der Waals surface area (Å²) in [5.41, 5.74) is 1.08. The monoisotopic (exact) mass is 637 g/mol. The summed E-state index contributed by atoms with van der Waals surface area (Å²) in [7, 11) is 0. The summed E-state index contributed by atoms with van der Waals surface area (Å²) in [5.74, 6) is -0.226. The Labute approximate surface area is 270 Å². The zero-order valence-electron chi connectivity index (χ0n) is 25.8. The van der Waals surface area contributed by atoms with Gasteiger partial charge in [0.05, 0.1) is 12.4 Å². The number of nitrogens with one attached hydrogen (secondary N) is 3. The first-order valence-electron chi connectivity index (χ1n) is 15.4. The predicted molar refractivity (Wildman–Crippen MR) is 175 cm³/mol. The van der Waals surface area contributed by atoms with Crippen LogP contribution in [0.3, 0.4) is 0 Å². The number of alkyl carbamates (subject to hydrolysis) is 1. The smallest absolute Gasteiger partial charge is 0.408 e. The highest BCUT2D eigenvalue weighted by Crippen LogP contribution is 2.32. The molecule has 0 unspecified atom stereocenters. The molecule has 0 bridgehead atoms. The molecule has 0 spiro atoms. The first-order chi connectivity index (χ1) is 22.8. The minimum atomic E-state index is -1.57. The predicted octanol–water partition coefficient (Wildman–Crippen LogP) is 5.04. The third-order valence-electron chi connectivity index (χ3n) is 8.31. The van der Waals surface area contributed by atoms with E-state index in [1.807, 2.05) is 54.6 Å². The number of carbonyl (C=O) groups is 3. The molecule has 5 aromatic rings. The highest BCUT2D eigenvalue weighted by Gasteiger charge is 2.36. The van der Waals surface area contributed by atoms with Crippen molar-refractivity contribution in [3.63, 3.8) is 0 Å². The van der Waals surface area contributed by atoms with Crippen molar-refractivity contribution >= 4 is 51.4 Å². The van der Waals surface area contributed by atoms with E-state index in [2.05, 4.69) is 35.5 Å². The zero-order chi connectivity index (χ0) is 32.8. The number of H-pyrrole nitrogens is 1. The Morgan fingerprint density at radius 3 is 2.74 bits per heavy atom. The molecule has 13 nitrogen and oxygen atoms in total. The van der Waals surface area contributed by atoms with Gasteiger partial charge in [-0.25, -0.2) is 19.7 Å².